The highest BCUT2D eigenvalue weighted by Crippen LogP contribution is 2.63. The maximum Gasteiger partial charge on any atom is 0.289 e. The van der Waals surface area contributed by atoms with Crippen molar-refractivity contribution in [3.05, 3.63) is 46.1 Å². The Morgan fingerprint density at radius 2 is 1.94 bits per heavy atom. The average Bonchev–Trinajstić information content (AvgIpc) is 3.36. The molecular weight excluding hydrogens is 513 g/mol. The number of thiazole rings is 1. The summed E-state index contributed by atoms with van der Waals surface area (Å²) in [6.07, 6.45) is 3.95. The minimum absolute atomic E-state index is 0.0184. The SMILES string of the molecule is CN(C(=O)c1ccc(S(=O)(=O)N2CC(C)(F)C2)o1)C1CC2(CC(c3nc4cc(Cl)ccc4s3)C2)C1. The zero-order valence-electron chi connectivity index (χ0n) is 19.3. The van der Waals surface area contributed by atoms with Crippen molar-refractivity contribution >= 4 is 49.1 Å². The van der Waals surface area contributed by atoms with Gasteiger partial charge in [-0.3, -0.25) is 4.79 Å². The van der Waals surface area contributed by atoms with Crippen molar-refractivity contribution < 1.29 is 22.0 Å². The van der Waals surface area contributed by atoms with Gasteiger partial charge in [-0.15, -0.1) is 11.3 Å². The van der Waals surface area contributed by atoms with Crippen LogP contribution in [0.3, 0.4) is 0 Å². The summed E-state index contributed by atoms with van der Waals surface area (Å²) in [5.41, 5.74) is -0.337. The van der Waals surface area contributed by atoms with Crippen molar-refractivity contribution in [1.82, 2.24) is 14.2 Å². The molecular formula is C24H25ClFN3O4S2. The van der Waals surface area contributed by atoms with Crippen LogP contribution in [0.25, 0.3) is 10.2 Å². The third-order valence-corrected chi connectivity index (χ3v) is 10.8. The quantitative estimate of drug-likeness (QED) is 0.453. The number of benzene rings is 1. The Balaban J connectivity index is 1.06. The van der Waals surface area contributed by atoms with Crippen molar-refractivity contribution in [2.24, 2.45) is 5.41 Å². The van der Waals surface area contributed by atoms with Gasteiger partial charge in [0.25, 0.3) is 15.9 Å². The van der Waals surface area contributed by atoms with Crippen LogP contribution in [0.2, 0.25) is 5.02 Å². The van der Waals surface area contributed by atoms with Gasteiger partial charge < -0.3 is 9.32 Å². The van der Waals surface area contributed by atoms with E-state index in [-0.39, 0.29) is 41.3 Å². The van der Waals surface area contributed by atoms with Crippen molar-refractivity contribution in [1.29, 1.82) is 0 Å². The molecule has 1 aromatic carbocycles. The number of fused-ring (bicyclic) bond motifs is 1. The van der Waals surface area contributed by atoms with Gasteiger partial charge in [-0.2, -0.15) is 4.31 Å². The van der Waals surface area contributed by atoms with E-state index in [1.165, 1.54) is 19.1 Å². The summed E-state index contributed by atoms with van der Waals surface area (Å²) >= 11 is 7.81. The van der Waals surface area contributed by atoms with Crippen LogP contribution >= 0.6 is 22.9 Å². The van der Waals surface area contributed by atoms with E-state index in [4.69, 9.17) is 21.0 Å². The lowest BCUT2D eigenvalue weighted by atomic mass is 9.50. The highest BCUT2D eigenvalue weighted by molar-refractivity contribution is 7.89. The summed E-state index contributed by atoms with van der Waals surface area (Å²) in [5, 5.41) is 1.52. The van der Waals surface area contributed by atoms with Gasteiger partial charge in [0.2, 0.25) is 5.09 Å². The number of aromatic nitrogens is 1. The second-order valence-electron chi connectivity index (χ2n) is 10.6. The standard InChI is InChI=1S/C24H25ClFN3O4S2/c1-23(26)12-29(13-23)35(31,32)20-6-4-18(33-20)22(30)28(2)16-10-24(11-16)8-14(9-24)21-27-17-7-15(25)3-5-19(17)34-21/h3-7,14,16H,8-13H2,1-2H3. The summed E-state index contributed by atoms with van der Waals surface area (Å²) in [5.74, 6) is 0.0815. The molecule has 2 aliphatic carbocycles. The van der Waals surface area contributed by atoms with Crippen molar-refractivity contribution in [2.75, 3.05) is 20.1 Å². The fourth-order valence-corrected chi connectivity index (χ4v) is 8.48. The molecule has 0 N–H and O–H groups in total. The molecule has 2 aromatic heterocycles. The molecule has 3 aliphatic rings. The number of carbonyl (C=O) groups is 1. The highest BCUT2D eigenvalue weighted by atomic mass is 35.5. The Labute approximate surface area is 211 Å². The molecule has 3 fully saturated rings. The first-order chi connectivity index (χ1) is 16.4. The summed E-state index contributed by atoms with van der Waals surface area (Å²) in [6.45, 7) is 0.931. The molecule has 1 spiro atoms. The monoisotopic (exact) mass is 537 g/mol. The summed E-state index contributed by atoms with van der Waals surface area (Å²) in [4.78, 5) is 19.4. The molecule has 0 atom stereocenters. The number of halogens is 2. The number of amides is 1. The highest BCUT2D eigenvalue weighted by Gasteiger charge is 2.55. The number of sulfonamides is 1. The lowest BCUT2D eigenvalue weighted by Gasteiger charge is -2.59. The number of hydrogen-bond donors (Lipinski definition) is 0. The zero-order chi connectivity index (χ0) is 24.8. The number of hydrogen-bond acceptors (Lipinski definition) is 6. The van der Waals surface area contributed by atoms with Gasteiger partial charge in [0.1, 0.15) is 5.67 Å². The number of furan rings is 1. The van der Waals surface area contributed by atoms with E-state index in [1.807, 2.05) is 18.2 Å². The molecule has 35 heavy (non-hydrogen) atoms. The first-order valence-electron chi connectivity index (χ1n) is 11.6. The van der Waals surface area contributed by atoms with Gasteiger partial charge in [0, 0.05) is 37.1 Å². The van der Waals surface area contributed by atoms with Gasteiger partial charge in [-0.25, -0.2) is 17.8 Å². The fourth-order valence-electron chi connectivity index (χ4n) is 5.70. The maximum atomic E-state index is 13.7. The summed E-state index contributed by atoms with van der Waals surface area (Å²) < 4.78 is 46.5. The number of carbonyl (C=O) groups excluding carboxylic acids is 1. The predicted octanol–water partition coefficient (Wildman–Crippen LogP) is 5.07. The van der Waals surface area contributed by atoms with Gasteiger partial charge in [-0.05, 0) is 68.4 Å². The van der Waals surface area contributed by atoms with E-state index >= 15 is 0 Å². The minimum atomic E-state index is -3.94. The lowest BCUT2D eigenvalue weighted by molar-refractivity contribution is -0.0530. The van der Waals surface area contributed by atoms with E-state index in [9.17, 15) is 17.6 Å². The molecule has 0 unspecified atom stereocenters. The Bertz CT molecular complexity index is 1430. The molecule has 0 bridgehead atoms. The molecule has 186 valence electrons. The Morgan fingerprint density at radius 1 is 1.23 bits per heavy atom. The molecule has 6 rings (SSSR count). The third kappa shape index (κ3) is 3.89. The fraction of sp³-hybridized carbons (Fsp3) is 0.500. The van der Waals surface area contributed by atoms with Crippen LogP contribution in [0.4, 0.5) is 4.39 Å². The normalized spacial score (nSPS) is 27.9. The molecule has 2 saturated carbocycles. The Hall–Kier alpha value is -2.01. The molecule has 1 saturated heterocycles. The topological polar surface area (TPSA) is 83.7 Å². The van der Waals surface area contributed by atoms with Crippen LogP contribution in [0.1, 0.15) is 54.1 Å². The van der Waals surface area contributed by atoms with Gasteiger partial charge in [-0.1, -0.05) is 11.6 Å². The van der Waals surface area contributed by atoms with Crippen LogP contribution in [0.15, 0.2) is 39.8 Å². The van der Waals surface area contributed by atoms with E-state index in [1.54, 1.807) is 23.3 Å². The van der Waals surface area contributed by atoms with Crippen LogP contribution in [-0.2, 0) is 10.0 Å². The van der Waals surface area contributed by atoms with Crippen molar-refractivity contribution in [2.45, 2.75) is 55.3 Å². The van der Waals surface area contributed by atoms with Gasteiger partial charge in [0.05, 0.1) is 15.2 Å². The first-order valence-corrected chi connectivity index (χ1v) is 14.2. The second-order valence-corrected chi connectivity index (χ2v) is 13.9. The molecule has 1 amide bonds. The van der Waals surface area contributed by atoms with Gasteiger partial charge >= 0.3 is 0 Å². The molecule has 3 heterocycles. The van der Waals surface area contributed by atoms with Crippen LogP contribution in [0, 0.1) is 5.41 Å². The van der Waals surface area contributed by atoms with E-state index in [0.29, 0.717) is 10.9 Å². The Morgan fingerprint density at radius 3 is 2.63 bits per heavy atom. The summed E-state index contributed by atoms with van der Waals surface area (Å²) in [7, 11) is -2.21. The minimum Gasteiger partial charge on any atom is -0.438 e. The average molecular weight is 538 g/mol. The van der Waals surface area contributed by atoms with Crippen LogP contribution < -0.4 is 0 Å². The number of nitrogens with zero attached hydrogens (tertiary/aromatic N) is 3. The lowest BCUT2D eigenvalue weighted by Crippen LogP contribution is -2.58. The van der Waals surface area contributed by atoms with Crippen LogP contribution in [-0.4, -0.2) is 60.4 Å². The van der Waals surface area contributed by atoms with Crippen LogP contribution in [0.5, 0.6) is 0 Å². The Kier molecular flexibility index (Phi) is 5.18. The number of rotatable bonds is 5. The number of alkyl halides is 1. The molecule has 1 aliphatic heterocycles. The molecule has 0 radical (unpaired) electrons. The maximum absolute atomic E-state index is 13.7. The zero-order valence-corrected chi connectivity index (χ0v) is 21.7. The molecule has 11 heteroatoms. The van der Waals surface area contributed by atoms with Crippen molar-refractivity contribution in [3.8, 4) is 0 Å². The first kappa shape index (κ1) is 23.4. The molecule has 7 nitrogen and oxygen atoms in total. The second kappa shape index (κ2) is 7.74. The smallest absolute Gasteiger partial charge is 0.289 e. The largest absolute Gasteiger partial charge is 0.438 e. The third-order valence-electron chi connectivity index (χ3n) is 7.68. The predicted molar refractivity (Wildman–Crippen MR) is 131 cm³/mol. The van der Waals surface area contributed by atoms with E-state index in [0.717, 1.165) is 45.2 Å². The summed E-state index contributed by atoms with van der Waals surface area (Å²) in [6, 6.07) is 8.55. The van der Waals surface area contributed by atoms with E-state index < -0.39 is 15.7 Å². The van der Waals surface area contributed by atoms with Crippen molar-refractivity contribution in [3.63, 3.8) is 0 Å². The van der Waals surface area contributed by atoms with E-state index in [2.05, 4.69) is 0 Å². The molecule has 3 aromatic rings. The van der Waals surface area contributed by atoms with Gasteiger partial charge in [0.15, 0.2) is 5.76 Å².